The number of piperazine rings is 1. The van der Waals surface area contributed by atoms with Gasteiger partial charge in [-0.05, 0) is 43.3 Å². The van der Waals surface area contributed by atoms with E-state index in [-0.39, 0.29) is 5.91 Å². The number of carbonyl (C=O) groups excluding carboxylic acids is 1. The maximum atomic E-state index is 12.8. The number of carbonyl (C=O) groups is 1. The highest BCUT2D eigenvalue weighted by Gasteiger charge is 2.22. The Labute approximate surface area is 178 Å². The highest BCUT2D eigenvalue weighted by molar-refractivity contribution is 7.09. The molecule has 1 aromatic carbocycles. The summed E-state index contributed by atoms with van der Waals surface area (Å²) in [4.78, 5) is 25.6. The fraction of sp³-hybridized carbons (Fsp3) is 0.286. The van der Waals surface area contributed by atoms with Crippen LogP contribution in [0.25, 0.3) is 0 Å². The van der Waals surface area contributed by atoms with Crippen molar-refractivity contribution in [1.82, 2.24) is 14.9 Å². The van der Waals surface area contributed by atoms with Gasteiger partial charge in [0.25, 0.3) is 5.91 Å². The molecule has 0 atom stereocenters. The number of halogens is 1. The summed E-state index contributed by atoms with van der Waals surface area (Å²) in [6.45, 7) is 5.21. The second-order valence-corrected chi connectivity index (χ2v) is 8.28. The fourth-order valence-electron chi connectivity index (χ4n) is 3.20. The maximum Gasteiger partial charge on any atom is 0.253 e. The van der Waals surface area contributed by atoms with E-state index in [1.165, 1.54) is 0 Å². The van der Waals surface area contributed by atoms with E-state index in [0.29, 0.717) is 30.3 Å². The van der Waals surface area contributed by atoms with E-state index in [1.807, 2.05) is 53.6 Å². The van der Waals surface area contributed by atoms with Crippen LogP contribution < -0.4 is 9.64 Å². The summed E-state index contributed by atoms with van der Waals surface area (Å²) in [5, 5.41) is 3.64. The summed E-state index contributed by atoms with van der Waals surface area (Å²) < 4.78 is 5.75. The lowest BCUT2D eigenvalue weighted by atomic mass is 10.1. The Kier molecular flexibility index (Phi) is 5.97. The van der Waals surface area contributed by atoms with Crippen LogP contribution in [0.5, 0.6) is 5.75 Å². The Hall–Kier alpha value is -2.64. The van der Waals surface area contributed by atoms with Crippen molar-refractivity contribution in [2.45, 2.75) is 13.5 Å². The smallest absolute Gasteiger partial charge is 0.253 e. The molecule has 0 spiro atoms. The average molecular weight is 429 g/mol. The Morgan fingerprint density at radius 2 is 1.90 bits per heavy atom. The highest BCUT2D eigenvalue weighted by atomic mass is 35.5. The summed E-state index contributed by atoms with van der Waals surface area (Å²) in [7, 11) is 0. The third-order valence-electron chi connectivity index (χ3n) is 4.76. The summed E-state index contributed by atoms with van der Waals surface area (Å²) in [6.07, 6.45) is 1.65. The van der Waals surface area contributed by atoms with Crippen molar-refractivity contribution in [3.8, 4) is 5.75 Å². The Morgan fingerprint density at radius 3 is 2.52 bits per heavy atom. The van der Waals surface area contributed by atoms with Gasteiger partial charge in [0.2, 0.25) is 0 Å². The maximum absolute atomic E-state index is 12.8. The van der Waals surface area contributed by atoms with Crippen molar-refractivity contribution in [1.29, 1.82) is 0 Å². The minimum Gasteiger partial charge on any atom is -0.487 e. The van der Waals surface area contributed by atoms with E-state index >= 15 is 0 Å². The molecular formula is C21H21ClN4O2S. The molecule has 0 saturated carbocycles. The van der Waals surface area contributed by atoms with Gasteiger partial charge in [0, 0.05) is 43.3 Å². The molecule has 6 nitrogen and oxygen atoms in total. The Morgan fingerprint density at radius 1 is 1.14 bits per heavy atom. The van der Waals surface area contributed by atoms with Crippen molar-refractivity contribution in [2.24, 2.45) is 0 Å². The fourth-order valence-corrected chi connectivity index (χ4v) is 3.91. The van der Waals surface area contributed by atoms with Gasteiger partial charge in [0.15, 0.2) is 0 Å². The predicted octanol–water partition coefficient (Wildman–Crippen LogP) is 4.04. The summed E-state index contributed by atoms with van der Waals surface area (Å²) in [5.74, 6) is 1.65. The summed E-state index contributed by atoms with van der Waals surface area (Å²) >= 11 is 7.51. The molecule has 1 aliphatic heterocycles. The zero-order valence-corrected chi connectivity index (χ0v) is 17.6. The molecule has 0 unspecified atom stereocenters. The molecule has 1 amide bonds. The van der Waals surface area contributed by atoms with Gasteiger partial charge in [0.05, 0.1) is 15.7 Å². The number of anilines is 1. The van der Waals surface area contributed by atoms with Gasteiger partial charge in [-0.1, -0.05) is 11.6 Å². The quantitative estimate of drug-likeness (QED) is 0.613. The van der Waals surface area contributed by atoms with Crippen molar-refractivity contribution >= 4 is 34.7 Å². The standard InChI is InChI=1S/C21H21ClN4O2S/c1-15-24-18(14-29-15)13-28-19-5-2-16(3-6-19)21(27)26-10-8-25(9-11-26)20-7-4-17(22)12-23-20/h2-7,12,14H,8-11,13H2,1H3. The molecule has 1 saturated heterocycles. The molecule has 0 bridgehead atoms. The lowest BCUT2D eigenvalue weighted by Crippen LogP contribution is -2.49. The zero-order chi connectivity index (χ0) is 20.2. The largest absolute Gasteiger partial charge is 0.487 e. The number of ether oxygens (including phenoxy) is 1. The lowest BCUT2D eigenvalue weighted by Gasteiger charge is -2.35. The van der Waals surface area contributed by atoms with Gasteiger partial charge in [-0.2, -0.15) is 0 Å². The summed E-state index contributed by atoms with van der Waals surface area (Å²) in [5.41, 5.74) is 1.58. The second kappa shape index (κ2) is 8.80. The van der Waals surface area contributed by atoms with E-state index in [2.05, 4.69) is 14.9 Å². The molecule has 1 aliphatic rings. The number of hydrogen-bond donors (Lipinski definition) is 0. The molecule has 2 aromatic heterocycles. The first kappa shape index (κ1) is 19.7. The average Bonchev–Trinajstić information content (AvgIpc) is 3.18. The number of pyridine rings is 1. The monoisotopic (exact) mass is 428 g/mol. The highest BCUT2D eigenvalue weighted by Crippen LogP contribution is 2.19. The van der Waals surface area contributed by atoms with Gasteiger partial charge in [-0.25, -0.2) is 9.97 Å². The van der Waals surface area contributed by atoms with Crippen molar-refractivity contribution in [3.63, 3.8) is 0 Å². The Balaban J connectivity index is 1.31. The Bertz CT molecular complexity index is 967. The van der Waals surface area contributed by atoms with Crippen LogP contribution in [0.2, 0.25) is 5.02 Å². The molecule has 8 heteroatoms. The number of hydrogen-bond acceptors (Lipinski definition) is 6. The van der Waals surface area contributed by atoms with Crippen LogP contribution in [0, 0.1) is 6.92 Å². The number of aryl methyl sites for hydroxylation is 1. The molecular weight excluding hydrogens is 408 g/mol. The van der Waals surface area contributed by atoms with Gasteiger partial charge >= 0.3 is 0 Å². The molecule has 0 aliphatic carbocycles. The number of aromatic nitrogens is 2. The number of nitrogens with zero attached hydrogens (tertiary/aromatic N) is 4. The minimum atomic E-state index is 0.0374. The number of rotatable bonds is 5. The predicted molar refractivity (Wildman–Crippen MR) is 115 cm³/mol. The molecule has 150 valence electrons. The zero-order valence-electron chi connectivity index (χ0n) is 16.0. The number of amides is 1. The van der Waals surface area contributed by atoms with Crippen LogP contribution in [0.15, 0.2) is 48.0 Å². The van der Waals surface area contributed by atoms with Crippen LogP contribution in [0.4, 0.5) is 5.82 Å². The van der Waals surface area contributed by atoms with Crippen LogP contribution >= 0.6 is 22.9 Å². The molecule has 29 heavy (non-hydrogen) atoms. The minimum absolute atomic E-state index is 0.0374. The molecule has 1 fully saturated rings. The van der Waals surface area contributed by atoms with Gasteiger partial charge in [-0.3, -0.25) is 4.79 Å². The SMILES string of the molecule is Cc1nc(COc2ccc(C(=O)N3CCN(c4ccc(Cl)cn4)CC3)cc2)cs1. The molecule has 0 N–H and O–H groups in total. The van der Waals surface area contributed by atoms with E-state index in [0.717, 1.165) is 35.4 Å². The van der Waals surface area contributed by atoms with E-state index in [1.54, 1.807) is 17.5 Å². The molecule has 4 rings (SSSR count). The van der Waals surface area contributed by atoms with Crippen molar-refractivity contribution in [3.05, 3.63) is 69.3 Å². The van der Waals surface area contributed by atoms with Crippen molar-refractivity contribution in [2.75, 3.05) is 31.1 Å². The second-order valence-electron chi connectivity index (χ2n) is 6.78. The first-order valence-electron chi connectivity index (χ1n) is 9.38. The molecule has 0 radical (unpaired) electrons. The third-order valence-corrected chi connectivity index (χ3v) is 5.80. The van der Waals surface area contributed by atoms with Crippen molar-refractivity contribution < 1.29 is 9.53 Å². The number of benzene rings is 1. The number of thiazole rings is 1. The molecule has 3 aromatic rings. The van der Waals surface area contributed by atoms with Gasteiger partial charge in [-0.15, -0.1) is 11.3 Å². The van der Waals surface area contributed by atoms with Crippen LogP contribution in [0.3, 0.4) is 0 Å². The van der Waals surface area contributed by atoms with Gasteiger partial charge < -0.3 is 14.5 Å². The topological polar surface area (TPSA) is 58.6 Å². The first-order chi connectivity index (χ1) is 14.1. The first-order valence-corrected chi connectivity index (χ1v) is 10.6. The van der Waals surface area contributed by atoms with Crippen LogP contribution in [-0.2, 0) is 6.61 Å². The van der Waals surface area contributed by atoms with E-state index in [4.69, 9.17) is 16.3 Å². The van der Waals surface area contributed by atoms with E-state index in [9.17, 15) is 4.79 Å². The van der Waals surface area contributed by atoms with E-state index < -0.39 is 0 Å². The lowest BCUT2D eigenvalue weighted by molar-refractivity contribution is 0.0746. The van der Waals surface area contributed by atoms with Crippen LogP contribution in [-0.4, -0.2) is 47.0 Å². The normalized spacial score (nSPS) is 14.1. The third kappa shape index (κ3) is 4.86. The van der Waals surface area contributed by atoms with Crippen LogP contribution in [0.1, 0.15) is 21.1 Å². The molecule has 3 heterocycles. The van der Waals surface area contributed by atoms with Gasteiger partial charge in [0.1, 0.15) is 18.2 Å². The summed E-state index contributed by atoms with van der Waals surface area (Å²) in [6, 6.07) is 11.0.